The van der Waals surface area contributed by atoms with Crippen molar-refractivity contribution < 1.29 is 18.3 Å². The number of halogens is 4. The highest BCUT2D eigenvalue weighted by atomic mass is 35.5. The van der Waals surface area contributed by atoms with Crippen LogP contribution >= 0.6 is 11.6 Å². The van der Waals surface area contributed by atoms with Gasteiger partial charge in [-0.2, -0.15) is 13.2 Å². The molecule has 0 heterocycles. The molecule has 5 heteroatoms. The topological polar surface area (TPSA) is 20.2 Å². The molecule has 0 aliphatic rings. The van der Waals surface area contributed by atoms with E-state index in [-0.39, 0.29) is 0 Å². The molecule has 0 fully saturated rings. The first-order valence-electron chi connectivity index (χ1n) is 5.49. The monoisotopic (exact) mass is 286 g/mol. The minimum Gasteiger partial charge on any atom is -0.384 e. The minimum atomic E-state index is -4.49. The zero-order valence-electron chi connectivity index (χ0n) is 9.66. The van der Waals surface area contributed by atoms with Crippen LogP contribution in [0.5, 0.6) is 0 Å². The predicted octanol–water partition coefficient (Wildman–Crippen LogP) is 4.44. The highest BCUT2D eigenvalue weighted by molar-refractivity contribution is 6.31. The number of alkyl halides is 3. The van der Waals surface area contributed by atoms with E-state index in [4.69, 9.17) is 11.6 Å². The van der Waals surface area contributed by atoms with Crippen LogP contribution in [0, 0.1) is 0 Å². The van der Waals surface area contributed by atoms with Crippen LogP contribution in [0.25, 0.3) is 0 Å². The summed E-state index contributed by atoms with van der Waals surface area (Å²) in [5.41, 5.74) is 0.0145. The quantitative estimate of drug-likeness (QED) is 0.865. The minimum absolute atomic E-state index is 0.323. The molecule has 0 aliphatic heterocycles. The Bertz CT molecular complexity index is 567. The Balaban J connectivity index is 2.35. The maximum Gasteiger partial charge on any atom is 0.417 e. The van der Waals surface area contributed by atoms with Crippen molar-refractivity contribution >= 4 is 11.6 Å². The molecule has 0 radical (unpaired) electrons. The van der Waals surface area contributed by atoms with Crippen LogP contribution in [0.1, 0.15) is 22.8 Å². The Morgan fingerprint density at radius 2 is 1.58 bits per heavy atom. The molecule has 0 spiro atoms. The van der Waals surface area contributed by atoms with Gasteiger partial charge in [0, 0.05) is 0 Å². The second-order valence-electron chi connectivity index (χ2n) is 4.05. The molecule has 0 amide bonds. The molecule has 0 aliphatic carbocycles. The highest BCUT2D eigenvalue weighted by Gasteiger charge is 2.33. The predicted molar refractivity (Wildman–Crippen MR) is 67.0 cm³/mol. The van der Waals surface area contributed by atoms with Gasteiger partial charge in [0.1, 0.15) is 6.10 Å². The number of rotatable bonds is 2. The largest absolute Gasteiger partial charge is 0.417 e. The summed E-state index contributed by atoms with van der Waals surface area (Å²) in [6.45, 7) is 0. The van der Waals surface area contributed by atoms with Gasteiger partial charge in [-0.05, 0) is 23.3 Å². The van der Waals surface area contributed by atoms with Gasteiger partial charge in [-0.25, -0.2) is 0 Å². The molecular weight excluding hydrogens is 277 g/mol. The smallest absolute Gasteiger partial charge is 0.384 e. The summed E-state index contributed by atoms with van der Waals surface area (Å²) in [6, 6.07) is 11.9. The third-order valence-electron chi connectivity index (χ3n) is 2.73. The number of hydrogen-bond donors (Lipinski definition) is 1. The van der Waals surface area contributed by atoms with Crippen molar-refractivity contribution in [3.63, 3.8) is 0 Å². The van der Waals surface area contributed by atoms with Crippen molar-refractivity contribution in [2.24, 2.45) is 0 Å². The van der Waals surface area contributed by atoms with E-state index in [0.717, 1.165) is 12.1 Å². The zero-order chi connectivity index (χ0) is 14.0. The fourth-order valence-electron chi connectivity index (χ4n) is 1.76. The second-order valence-corrected chi connectivity index (χ2v) is 4.46. The van der Waals surface area contributed by atoms with Crippen molar-refractivity contribution in [3.8, 4) is 0 Å². The number of aliphatic hydroxyl groups is 1. The average molecular weight is 287 g/mol. The lowest BCUT2D eigenvalue weighted by Gasteiger charge is -2.14. The van der Waals surface area contributed by atoms with Gasteiger partial charge in [0.25, 0.3) is 0 Å². The zero-order valence-corrected chi connectivity index (χ0v) is 10.4. The molecule has 2 aromatic carbocycles. The molecule has 0 aromatic heterocycles. The summed E-state index contributed by atoms with van der Waals surface area (Å²) in [6.07, 6.45) is -5.49. The van der Waals surface area contributed by atoms with E-state index in [0.29, 0.717) is 11.1 Å². The standard InChI is InChI=1S/C14H10ClF3O/c15-12-8-10(6-7-11(12)14(16,17)18)13(19)9-4-2-1-3-5-9/h1-8,13,19H. The fourth-order valence-corrected chi connectivity index (χ4v) is 2.06. The highest BCUT2D eigenvalue weighted by Crippen LogP contribution is 2.36. The molecule has 1 N–H and O–H groups in total. The number of hydrogen-bond acceptors (Lipinski definition) is 1. The van der Waals surface area contributed by atoms with E-state index in [2.05, 4.69) is 0 Å². The summed E-state index contributed by atoms with van der Waals surface area (Å²) < 4.78 is 37.7. The van der Waals surface area contributed by atoms with Gasteiger partial charge in [0.15, 0.2) is 0 Å². The molecule has 1 unspecified atom stereocenters. The van der Waals surface area contributed by atoms with Gasteiger partial charge < -0.3 is 5.11 Å². The van der Waals surface area contributed by atoms with Gasteiger partial charge in [-0.1, -0.05) is 48.0 Å². The maximum atomic E-state index is 12.6. The van der Waals surface area contributed by atoms with E-state index in [1.165, 1.54) is 6.07 Å². The lowest BCUT2D eigenvalue weighted by atomic mass is 10.0. The average Bonchev–Trinajstić information content (AvgIpc) is 2.37. The number of benzene rings is 2. The maximum absolute atomic E-state index is 12.6. The lowest BCUT2D eigenvalue weighted by molar-refractivity contribution is -0.137. The summed E-state index contributed by atoms with van der Waals surface area (Å²) in [7, 11) is 0. The molecule has 1 nitrogen and oxygen atoms in total. The molecule has 100 valence electrons. The third kappa shape index (κ3) is 3.08. The molecule has 19 heavy (non-hydrogen) atoms. The lowest BCUT2D eigenvalue weighted by Crippen LogP contribution is -2.07. The van der Waals surface area contributed by atoms with Crippen LogP contribution in [0.4, 0.5) is 13.2 Å². The van der Waals surface area contributed by atoms with Crippen LogP contribution in [0.3, 0.4) is 0 Å². The van der Waals surface area contributed by atoms with Crippen LogP contribution in [-0.2, 0) is 6.18 Å². The summed E-state index contributed by atoms with van der Waals surface area (Å²) in [5, 5.41) is 9.65. The van der Waals surface area contributed by atoms with Crippen molar-refractivity contribution in [1.29, 1.82) is 0 Å². The molecule has 1 atom stereocenters. The van der Waals surface area contributed by atoms with Gasteiger partial charge in [-0.15, -0.1) is 0 Å². The molecule has 0 bridgehead atoms. The SMILES string of the molecule is OC(c1ccccc1)c1ccc(C(F)(F)F)c(Cl)c1. The summed E-state index contributed by atoms with van der Waals surface area (Å²) >= 11 is 5.61. The van der Waals surface area contributed by atoms with Gasteiger partial charge >= 0.3 is 6.18 Å². The Hall–Kier alpha value is -1.52. The van der Waals surface area contributed by atoms with E-state index in [9.17, 15) is 18.3 Å². The first kappa shape index (κ1) is 13.9. The van der Waals surface area contributed by atoms with E-state index >= 15 is 0 Å². The third-order valence-corrected chi connectivity index (χ3v) is 3.04. The van der Waals surface area contributed by atoms with Crippen LogP contribution in [0.2, 0.25) is 5.02 Å². The fraction of sp³-hybridized carbons (Fsp3) is 0.143. The first-order chi connectivity index (χ1) is 8.89. The summed E-state index contributed by atoms with van der Waals surface area (Å²) in [5.74, 6) is 0. The molecule has 2 rings (SSSR count). The Kier molecular flexibility index (Phi) is 3.83. The second kappa shape index (κ2) is 5.23. The molecule has 0 saturated carbocycles. The van der Waals surface area contributed by atoms with E-state index < -0.39 is 22.9 Å². The summed E-state index contributed by atoms with van der Waals surface area (Å²) in [4.78, 5) is 0. The van der Waals surface area contributed by atoms with Crippen LogP contribution < -0.4 is 0 Å². The number of aliphatic hydroxyl groups excluding tert-OH is 1. The molecular formula is C14H10ClF3O. The Morgan fingerprint density at radius 3 is 2.11 bits per heavy atom. The van der Waals surface area contributed by atoms with Crippen molar-refractivity contribution in [1.82, 2.24) is 0 Å². The van der Waals surface area contributed by atoms with Gasteiger partial charge in [0.05, 0.1) is 10.6 Å². The molecule has 2 aromatic rings. The molecule has 0 saturated heterocycles. The Morgan fingerprint density at radius 1 is 0.947 bits per heavy atom. The van der Waals surface area contributed by atoms with Crippen molar-refractivity contribution in [2.45, 2.75) is 12.3 Å². The normalized spacial score (nSPS) is 13.3. The van der Waals surface area contributed by atoms with Gasteiger partial charge in [0.2, 0.25) is 0 Å². The van der Waals surface area contributed by atoms with E-state index in [1.54, 1.807) is 30.3 Å². The van der Waals surface area contributed by atoms with Crippen molar-refractivity contribution in [2.75, 3.05) is 0 Å². The first-order valence-corrected chi connectivity index (χ1v) is 5.87. The van der Waals surface area contributed by atoms with E-state index in [1.807, 2.05) is 0 Å². The Labute approximate surface area is 113 Å². The van der Waals surface area contributed by atoms with Gasteiger partial charge in [-0.3, -0.25) is 0 Å². The van der Waals surface area contributed by atoms with Crippen molar-refractivity contribution in [3.05, 3.63) is 70.2 Å². The van der Waals surface area contributed by atoms with Crippen LogP contribution in [-0.4, -0.2) is 5.11 Å². The van der Waals surface area contributed by atoms with Crippen LogP contribution in [0.15, 0.2) is 48.5 Å².